The third kappa shape index (κ3) is 10.6. The van der Waals surface area contributed by atoms with Gasteiger partial charge in [-0.15, -0.1) is 0 Å². The summed E-state index contributed by atoms with van der Waals surface area (Å²) in [5, 5.41) is -1.24. The zero-order chi connectivity index (χ0) is 29.3. The van der Waals surface area contributed by atoms with Crippen LogP contribution < -0.4 is 0 Å². The van der Waals surface area contributed by atoms with Crippen LogP contribution in [0.3, 0.4) is 0 Å². The van der Waals surface area contributed by atoms with Crippen LogP contribution in [0.4, 0.5) is 0 Å². The first-order chi connectivity index (χ1) is 18.8. The molecular formula is C25H26BMoN6O6S+. The Kier molecular flexibility index (Phi) is 17.8. The van der Waals surface area contributed by atoms with E-state index in [0.29, 0.717) is 5.92 Å². The first kappa shape index (κ1) is 36.5. The number of carbonyl (C=O) groups excluding carboxylic acids is 1. The number of ether oxygens (including phenoxy) is 1. The van der Waals surface area contributed by atoms with Crippen LogP contribution in [0.2, 0.25) is 0 Å². The number of hydrogen-bond donors (Lipinski definition) is 0. The van der Waals surface area contributed by atoms with E-state index in [1.54, 1.807) is 69.1 Å². The number of aromatic nitrogens is 6. The first-order valence-electron chi connectivity index (χ1n) is 11.0. The fraction of sp³-hybridized carbons (Fsp3) is 0.160. The molecule has 3 heterocycles. The average Bonchev–Trinajstić information content (AvgIpc) is 3.77. The van der Waals surface area contributed by atoms with Crippen molar-refractivity contribution in [2.24, 2.45) is 0 Å². The van der Waals surface area contributed by atoms with Gasteiger partial charge in [-0.05, 0) is 56.4 Å². The van der Waals surface area contributed by atoms with Gasteiger partial charge >= 0.3 is 49.6 Å². The second-order valence-electron chi connectivity index (χ2n) is 7.53. The summed E-state index contributed by atoms with van der Waals surface area (Å²) in [5.41, 5.74) is 0. The molecule has 0 saturated carbocycles. The molecular weight excluding hydrogens is 619 g/mol. The average molecular weight is 645 g/mol. The van der Waals surface area contributed by atoms with Gasteiger partial charge in [0.1, 0.15) is 0 Å². The fourth-order valence-electron chi connectivity index (χ4n) is 3.24. The first-order valence-corrected chi connectivity index (χ1v) is 12.6. The minimum Gasteiger partial charge on any atom is -0.498 e. The third-order valence-corrected chi connectivity index (χ3v) is 7.03. The van der Waals surface area contributed by atoms with Crippen molar-refractivity contribution >= 4 is 22.9 Å². The minimum absolute atomic E-state index is 0. The van der Waals surface area contributed by atoms with Crippen LogP contribution in [-0.4, -0.2) is 62.3 Å². The number of carbonyl (C=O) groups is 1. The maximum Gasteiger partial charge on any atom is 2.00 e. The van der Waals surface area contributed by atoms with Gasteiger partial charge in [0.05, 0.1) is 31.0 Å². The Morgan fingerprint density at radius 2 is 1.40 bits per heavy atom. The van der Waals surface area contributed by atoms with E-state index in [2.05, 4.69) is 39.9 Å². The number of imidazole rings is 3. The maximum absolute atomic E-state index is 12.4. The van der Waals surface area contributed by atoms with Crippen molar-refractivity contribution in [3.63, 3.8) is 0 Å². The van der Waals surface area contributed by atoms with Crippen LogP contribution in [-0.2, 0) is 49.7 Å². The molecule has 0 aliphatic heterocycles. The van der Waals surface area contributed by atoms with Gasteiger partial charge in [-0.25, -0.2) is 23.4 Å². The number of benzene rings is 1. The predicted octanol–water partition coefficient (Wildman–Crippen LogP) is 2.15. The van der Waals surface area contributed by atoms with Gasteiger partial charge in [-0.2, -0.15) is 0 Å². The van der Waals surface area contributed by atoms with E-state index in [1.165, 1.54) is 19.2 Å². The summed E-state index contributed by atoms with van der Waals surface area (Å²) in [6.45, 7) is 14.4. The molecule has 0 N–H and O–H groups in total. The van der Waals surface area contributed by atoms with Crippen LogP contribution in [0.1, 0.15) is 13.3 Å². The minimum atomic E-state index is -3.75. The van der Waals surface area contributed by atoms with E-state index in [1.807, 2.05) is 32.0 Å². The number of nitrogens with zero attached hydrogens (tertiary/aromatic N) is 6. The molecule has 0 spiro atoms. The van der Waals surface area contributed by atoms with Crippen molar-refractivity contribution in [2.45, 2.75) is 23.5 Å². The topological polar surface area (TPSA) is 154 Å². The van der Waals surface area contributed by atoms with Crippen LogP contribution in [0.5, 0.6) is 0 Å². The Hall–Kier alpha value is -3.50. The van der Waals surface area contributed by atoms with Crippen molar-refractivity contribution in [1.82, 2.24) is 28.4 Å². The molecule has 0 fully saturated rings. The zero-order valence-corrected chi connectivity index (χ0v) is 24.5. The summed E-state index contributed by atoms with van der Waals surface area (Å²) in [5.74, 6) is -0.0569. The summed E-state index contributed by atoms with van der Waals surface area (Å²) < 4.78 is 50.3. The number of hydrogen-bond acceptors (Lipinski definition) is 7. The van der Waals surface area contributed by atoms with Crippen molar-refractivity contribution < 1.29 is 48.3 Å². The molecule has 206 valence electrons. The van der Waals surface area contributed by atoms with Gasteiger partial charge in [0, 0.05) is 18.6 Å². The largest absolute Gasteiger partial charge is 2.00 e. The predicted molar refractivity (Wildman–Crippen MR) is 139 cm³/mol. The van der Waals surface area contributed by atoms with Gasteiger partial charge in [-0.3, -0.25) is 4.79 Å². The molecule has 1 unspecified atom stereocenters. The van der Waals surface area contributed by atoms with Crippen molar-refractivity contribution in [2.75, 3.05) is 7.11 Å². The van der Waals surface area contributed by atoms with Crippen LogP contribution >= 0.6 is 0 Å². The zero-order valence-electron chi connectivity index (χ0n) is 21.7. The Labute approximate surface area is 248 Å². The van der Waals surface area contributed by atoms with E-state index >= 15 is 0 Å². The standard InChI is InChI=1S/C14H17O4S.C9H9BN6.2CO.Mo/c1-11(2)9-10-13(14(15)18-3)19(16,17)12-7-5-4-6-8-12;1-4-14(7-11-1)10(15-5-2-12-8-15)16-6-3-13-9-16;2*1-2;/h4-9,13H,1,10H2,2-3H3;1-9H;;;/q;-1;;;+2. The summed E-state index contributed by atoms with van der Waals surface area (Å²) in [6.07, 6.45) is 17.9. The number of esters is 1. The second kappa shape index (κ2) is 19.5. The Balaban J connectivity index is 0.000000666. The summed E-state index contributed by atoms with van der Waals surface area (Å²) in [4.78, 5) is 24.0. The molecule has 0 saturated heterocycles. The number of sulfone groups is 1. The van der Waals surface area contributed by atoms with E-state index in [-0.39, 0.29) is 39.5 Å². The van der Waals surface area contributed by atoms with E-state index in [0.717, 1.165) is 0 Å². The summed E-state index contributed by atoms with van der Waals surface area (Å²) in [7, 11) is -2.63. The molecule has 0 amide bonds. The van der Waals surface area contributed by atoms with Crippen LogP contribution in [0.15, 0.2) is 91.4 Å². The van der Waals surface area contributed by atoms with Crippen molar-refractivity contribution in [3.05, 3.63) is 119 Å². The molecule has 4 radical (unpaired) electrons. The molecule has 1 aromatic carbocycles. The second-order valence-corrected chi connectivity index (χ2v) is 9.66. The maximum atomic E-state index is 12.4. The normalized spacial score (nSPS) is 10.8. The molecule has 4 rings (SSSR count). The number of methoxy groups -OCH3 is 1. The third-order valence-electron chi connectivity index (χ3n) is 4.97. The van der Waals surface area contributed by atoms with Crippen LogP contribution in [0, 0.1) is 32.6 Å². The van der Waals surface area contributed by atoms with Crippen LogP contribution in [0.25, 0.3) is 0 Å². The van der Waals surface area contributed by atoms with E-state index < -0.39 is 21.1 Å². The van der Waals surface area contributed by atoms with Gasteiger partial charge in [0.25, 0.3) is 0 Å². The van der Waals surface area contributed by atoms with Gasteiger partial charge < -0.3 is 18.2 Å². The Morgan fingerprint density at radius 3 is 1.73 bits per heavy atom. The summed E-state index contributed by atoms with van der Waals surface area (Å²) in [6, 6.07) is 7.87. The molecule has 0 bridgehead atoms. The Bertz CT molecular complexity index is 1260. The number of rotatable bonds is 9. The van der Waals surface area contributed by atoms with E-state index in [4.69, 9.17) is 9.30 Å². The smallest absolute Gasteiger partial charge is 0.498 e. The molecule has 4 aromatic rings. The van der Waals surface area contributed by atoms with Gasteiger partial charge in [0.2, 0.25) is 7.12 Å². The molecule has 1 atom stereocenters. The summed E-state index contributed by atoms with van der Waals surface area (Å²) >= 11 is 0. The fourth-order valence-corrected chi connectivity index (χ4v) is 4.81. The van der Waals surface area contributed by atoms with Crippen molar-refractivity contribution in [3.8, 4) is 0 Å². The SMILES string of the molecule is [C-]#[O+].[C-]#[O+].[CH2][C](C)[CH]CC(C(=O)OC)S(=O)(=O)c1ccccc1.[Mo+2].c1cn([B-](n2ccnc2)n2ccnc2)cn1. The molecule has 12 nitrogen and oxygen atoms in total. The molecule has 15 heteroatoms. The molecule has 0 aliphatic carbocycles. The molecule has 40 heavy (non-hydrogen) atoms. The van der Waals surface area contributed by atoms with E-state index in [9.17, 15) is 13.2 Å². The Morgan fingerprint density at radius 1 is 0.975 bits per heavy atom. The monoisotopic (exact) mass is 647 g/mol. The van der Waals surface area contributed by atoms with Crippen molar-refractivity contribution in [1.29, 1.82) is 0 Å². The molecule has 3 aromatic heterocycles. The quantitative estimate of drug-likeness (QED) is 0.117. The van der Waals surface area contributed by atoms with Gasteiger partial charge in [-0.1, -0.05) is 25.1 Å². The molecule has 0 aliphatic rings. The van der Waals surface area contributed by atoms with Gasteiger partial charge in [0.15, 0.2) is 15.1 Å².